The average Bonchev–Trinajstić information content (AvgIpc) is 2.35. The fourth-order valence-corrected chi connectivity index (χ4v) is 2.08. The summed E-state index contributed by atoms with van der Waals surface area (Å²) in [7, 11) is 0. The van der Waals surface area contributed by atoms with Crippen molar-refractivity contribution in [2.75, 3.05) is 0 Å². The number of alkyl halides is 3. The van der Waals surface area contributed by atoms with E-state index in [9.17, 15) is 18.0 Å². The normalized spacial score (nSPS) is 11.3. The molecule has 5 heteroatoms. The number of halogens is 3. The largest absolute Gasteiger partial charge is 0.573 e. The van der Waals surface area contributed by atoms with Crippen LogP contribution in [0.25, 0.3) is 0 Å². The fourth-order valence-electron chi connectivity index (χ4n) is 2.08. The Kier molecular flexibility index (Phi) is 4.02. The lowest BCUT2D eigenvalue weighted by Crippen LogP contribution is -2.17. The maximum atomic E-state index is 12.3. The maximum Gasteiger partial charge on any atom is 0.573 e. The second kappa shape index (κ2) is 5.60. The van der Waals surface area contributed by atoms with E-state index in [4.69, 9.17) is 0 Å². The zero-order valence-electron chi connectivity index (χ0n) is 11.5. The Morgan fingerprint density at radius 2 is 1.43 bits per heavy atom. The van der Waals surface area contributed by atoms with Crippen LogP contribution >= 0.6 is 0 Å². The van der Waals surface area contributed by atoms with Crippen LogP contribution in [0.15, 0.2) is 42.5 Å². The fraction of sp³-hybridized carbons (Fsp3) is 0.188. The van der Waals surface area contributed by atoms with Crippen LogP contribution in [0.2, 0.25) is 0 Å². The van der Waals surface area contributed by atoms with Gasteiger partial charge in [-0.15, -0.1) is 13.2 Å². The number of hydrogen-bond donors (Lipinski definition) is 0. The molecule has 0 N–H and O–H groups in total. The number of ketones is 1. The van der Waals surface area contributed by atoms with Crippen molar-refractivity contribution in [2.45, 2.75) is 20.2 Å². The van der Waals surface area contributed by atoms with Gasteiger partial charge in [0.15, 0.2) is 5.78 Å². The highest BCUT2D eigenvalue weighted by atomic mass is 19.4. The molecule has 110 valence electrons. The Morgan fingerprint density at radius 3 is 1.90 bits per heavy atom. The molecular weight excluding hydrogens is 281 g/mol. The molecule has 2 aromatic rings. The first kappa shape index (κ1) is 15.1. The SMILES string of the molecule is Cc1cc(C)cc(C(=O)c2ccc(OC(F)(F)F)cc2)c1. The summed E-state index contributed by atoms with van der Waals surface area (Å²) in [5, 5.41) is 0. The molecule has 0 saturated heterocycles. The molecule has 21 heavy (non-hydrogen) atoms. The lowest BCUT2D eigenvalue weighted by Gasteiger charge is -2.09. The molecule has 2 nitrogen and oxygen atoms in total. The monoisotopic (exact) mass is 294 g/mol. The summed E-state index contributed by atoms with van der Waals surface area (Å²) in [4.78, 5) is 12.3. The second-order valence-electron chi connectivity index (χ2n) is 4.78. The Morgan fingerprint density at radius 1 is 0.905 bits per heavy atom. The first-order valence-electron chi connectivity index (χ1n) is 6.23. The van der Waals surface area contributed by atoms with Gasteiger partial charge in [-0.3, -0.25) is 4.79 Å². The van der Waals surface area contributed by atoms with E-state index in [-0.39, 0.29) is 11.5 Å². The van der Waals surface area contributed by atoms with Gasteiger partial charge in [0.1, 0.15) is 5.75 Å². The van der Waals surface area contributed by atoms with Gasteiger partial charge in [0.2, 0.25) is 0 Å². The van der Waals surface area contributed by atoms with Gasteiger partial charge in [-0.1, -0.05) is 17.2 Å². The number of carbonyl (C=O) groups excluding carboxylic acids is 1. The van der Waals surface area contributed by atoms with E-state index in [1.165, 1.54) is 12.1 Å². The molecule has 0 bridgehead atoms. The van der Waals surface area contributed by atoms with Crippen LogP contribution in [0.4, 0.5) is 13.2 Å². The standard InChI is InChI=1S/C16H13F3O2/c1-10-7-11(2)9-13(8-10)15(20)12-3-5-14(6-4-12)21-16(17,18)19/h3-9H,1-2H3. The number of ether oxygens (including phenoxy) is 1. The first-order chi connectivity index (χ1) is 9.74. The van der Waals surface area contributed by atoms with Crippen molar-refractivity contribution in [2.24, 2.45) is 0 Å². The number of hydrogen-bond acceptors (Lipinski definition) is 2. The summed E-state index contributed by atoms with van der Waals surface area (Å²) < 4.78 is 40.0. The van der Waals surface area contributed by atoms with Crippen molar-refractivity contribution < 1.29 is 22.7 Å². The smallest absolute Gasteiger partial charge is 0.406 e. The van der Waals surface area contributed by atoms with E-state index >= 15 is 0 Å². The summed E-state index contributed by atoms with van der Waals surface area (Å²) in [6.45, 7) is 3.76. The van der Waals surface area contributed by atoms with Crippen molar-refractivity contribution in [3.05, 3.63) is 64.7 Å². The van der Waals surface area contributed by atoms with Crippen LogP contribution in [0, 0.1) is 13.8 Å². The van der Waals surface area contributed by atoms with Gasteiger partial charge < -0.3 is 4.74 Å². The van der Waals surface area contributed by atoms with Gasteiger partial charge >= 0.3 is 6.36 Å². The number of rotatable bonds is 3. The molecule has 0 aromatic heterocycles. The predicted octanol–water partition coefficient (Wildman–Crippen LogP) is 4.43. The summed E-state index contributed by atoms with van der Waals surface area (Å²) in [6.07, 6.45) is -4.74. The van der Waals surface area contributed by atoms with Gasteiger partial charge in [-0.25, -0.2) is 0 Å². The molecule has 0 spiro atoms. The van der Waals surface area contributed by atoms with Crippen LogP contribution in [0.3, 0.4) is 0 Å². The highest BCUT2D eigenvalue weighted by Gasteiger charge is 2.31. The highest BCUT2D eigenvalue weighted by molar-refractivity contribution is 6.09. The van der Waals surface area contributed by atoms with E-state index < -0.39 is 6.36 Å². The summed E-state index contributed by atoms with van der Waals surface area (Å²) in [5.41, 5.74) is 2.73. The minimum Gasteiger partial charge on any atom is -0.406 e. The quantitative estimate of drug-likeness (QED) is 0.783. The Labute approximate surface area is 120 Å². The van der Waals surface area contributed by atoms with Crippen molar-refractivity contribution >= 4 is 5.78 Å². The Bertz CT molecular complexity index is 638. The third kappa shape index (κ3) is 4.08. The van der Waals surface area contributed by atoms with Gasteiger partial charge in [0.05, 0.1) is 0 Å². The van der Waals surface area contributed by atoms with Crippen molar-refractivity contribution in [1.29, 1.82) is 0 Å². The second-order valence-corrected chi connectivity index (χ2v) is 4.78. The molecule has 2 aromatic carbocycles. The van der Waals surface area contributed by atoms with Gasteiger partial charge in [0, 0.05) is 11.1 Å². The summed E-state index contributed by atoms with van der Waals surface area (Å²) >= 11 is 0. The zero-order valence-corrected chi connectivity index (χ0v) is 11.5. The molecule has 0 saturated carbocycles. The molecule has 0 heterocycles. The Balaban J connectivity index is 2.24. The minimum atomic E-state index is -4.74. The van der Waals surface area contributed by atoms with Crippen LogP contribution in [-0.4, -0.2) is 12.1 Å². The highest BCUT2D eigenvalue weighted by Crippen LogP contribution is 2.23. The molecule has 0 fully saturated rings. The van der Waals surface area contributed by atoms with Gasteiger partial charge in [-0.2, -0.15) is 0 Å². The molecule has 0 unspecified atom stereocenters. The average molecular weight is 294 g/mol. The van der Waals surface area contributed by atoms with Crippen LogP contribution in [0.5, 0.6) is 5.75 Å². The molecule has 0 aliphatic heterocycles. The maximum absolute atomic E-state index is 12.3. The number of benzene rings is 2. The Hall–Kier alpha value is -2.30. The van der Waals surface area contributed by atoms with Gasteiger partial charge in [-0.05, 0) is 50.2 Å². The summed E-state index contributed by atoms with van der Waals surface area (Å²) in [6, 6.07) is 10.3. The van der Waals surface area contributed by atoms with Crippen molar-refractivity contribution in [1.82, 2.24) is 0 Å². The molecule has 0 amide bonds. The van der Waals surface area contributed by atoms with Crippen molar-refractivity contribution in [3.8, 4) is 5.75 Å². The zero-order chi connectivity index (χ0) is 15.6. The third-order valence-corrected chi connectivity index (χ3v) is 2.83. The molecule has 0 radical (unpaired) electrons. The first-order valence-corrected chi connectivity index (χ1v) is 6.23. The molecule has 2 rings (SSSR count). The molecule has 0 aliphatic carbocycles. The van der Waals surface area contributed by atoms with Crippen LogP contribution < -0.4 is 4.74 Å². The number of carbonyl (C=O) groups is 1. The molecule has 0 aliphatic rings. The van der Waals surface area contributed by atoms with E-state index in [0.717, 1.165) is 23.3 Å². The van der Waals surface area contributed by atoms with Gasteiger partial charge in [0.25, 0.3) is 0 Å². The van der Waals surface area contributed by atoms with E-state index in [2.05, 4.69) is 4.74 Å². The lowest BCUT2D eigenvalue weighted by atomic mass is 9.99. The van der Waals surface area contributed by atoms with Crippen LogP contribution in [0.1, 0.15) is 27.0 Å². The molecule has 0 atom stereocenters. The van der Waals surface area contributed by atoms with Crippen LogP contribution in [-0.2, 0) is 0 Å². The van der Waals surface area contributed by atoms with E-state index in [0.29, 0.717) is 11.1 Å². The van der Waals surface area contributed by atoms with Crippen molar-refractivity contribution in [3.63, 3.8) is 0 Å². The number of aryl methyl sites for hydroxylation is 2. The lowest BCUT2D eigenvalue weighted by molar-refractivity contribution is -0.274. The third-order valence-electron chi connectivity index (χ3n) is 2.83. The van der Waals surface area contributed by atoms with E-state index in [1.54, 1.807) is 12.1 Å². The topological polar surface area (TPSA) is 26.3 Å². The van der Waals surface area contributed by atoms with E-state index in [1.807, 2.05) is 19.9 Å². The minimum absolute atomic E-state index is 0.236. The molecular formula is C16H13F3O2. The summed E-state index contributed by atoms with van der Waals surface area (Å²) in [5.74, 6) is -0.583. The predicted molar refractivity (Wildman–Crippen MR) is 72.5 cm³/mol.